The Bertz CT molecular complexity index is 684. The molecule has 22 heavy (non-hydrogen) atoms. The van der Waals surface area contributed by atoms with Crippen molar-refractivity contribution in [2.24, 2.45) is 0 Å². The quantitative estimate of drug-likeness (QED) is 0.880. The second-order valence-electron chi connectivity index (χ2n) is 5.55. The van der Waals surface area contributed by atoms with Crippen LogP contribution in [-0.4, -0.2) is 35.0 Å². The average Bonchev–Trinajstić information content (AvgIpc) is 3.04. The van der Waals surface area contributed by atoms with Gasteiger partial charge in [0.15, 0.2) is 0 Å². The number of anilines is 2. The highest BCUT2D eigenvalue weighted by molar-refractivity contribution is 5.73. The summed E-state index contributed by atoms with van der Waals surface area (Å²) in [6.07, 6.45) is 1.63. The van der Waals surface area contributed by atoms with Crippen LogP contribution in [0.1, 0.15) is 24.4 Å². The molecule has 2 aromatic heterocycles. The van der Waals surface area contributed by atoms with Crippen molar-refractivity contribution < 1.29 is 9.21 Å². The number of carbonyl (C=O) groups excluding carboxylic acids is 1. The topological polar surface area (TPSA) is 97.3 Å². The van der Waals surface area contributed by atoms with Crippen molar-refractivity contribution in [2.45, 2.75) is 25.8 Å². The molecule has 1 saturated heterocycles. The predicted molar refractivity (Wildman–Crippen MR) is 82.4 cm³/mol. The number of hydrogen-bond acceptors (Lipinski definition) is 6. The fraction of sp³-hybridized carbons (Fsp3) is 0.400. The van der Waals surface area contributed by atoms with Crippen molar-refractivity contribution in [2.75, 3.05) is 23.7 Å². The lowest BCUT2D eigenvalue weighted by Crippen LogP contribution is -2.38. The highest BCUT2D eigenvalue weighted by Gasteiger charge is 2.37. The molecule has 0 unspecified atom stereocenters. The third-order valence-corrected chi connectivity index (χ3v) is 3.78. The van der Waals surface area contributed by atoms with Crippen LogP contribution < -0.4 is 16.0 Å². The molecular formula is C15H19N5O2. The van der Waals surface area contributed by atoms with Gasteiger partial charge in [0, 0.05) is 26.2 Å². The van der Waals surface area contributed by atoms with Crippen molar-refractivity contribution in [3.63, 3.8) is 0 Å². The van der Waals surface area contributed by atoms with Crippen LogP contribution in [-0.2, 0) is 4.79 Å². The van der Waals surface area contributed by atoms with Gasteiger partial charge in [0.05, 0.1) is 12.0 Å². The Labute approximate surface area is 128 Å². The van der Waals surface area contributed by atoms with Gasteiger partial charge in [-0.25, -0.2) is 4.98 Å². The van der Waals surface area contributed by atoms with E-state index in [0.29, 0.717) is 24.9 Å². The van der Waals surface area contributed by atoms with Gasteiger partial charge in [-0.1, -0.05) is 0 Å². The first kappa shape index (κ1) is 14.4. The molecule has 3 rings (SSSR count). The zero-order chi connectivity index (χ0) is 15.7. The lowest BCUT2D eigenvalue weighted by atomic mass is 10.0. The Balaban J connectivity index is 1.86. The van der Waals surface area contributed by atoms with E-state index in [0.717, 1.165) is 11.5 Å². The smallest absolute Gasteiger partial charge is 0.227 e. The molecule has 7 nitrogen and oxygen atoms in total. The molecule has 0 aliphatic carbocycles. The number of amides is 1. The summed E-state index contributed by atoms with van der Waals surface area (Å²) in [5.41, 5.74) is 5.72. The Kier molecular flexibility index (Phi) is 3.70. The average molecular weight is 301 g/mol. The maximum Gasteiger partial charge on any atom is 0.227 e. The fourth-order valence-corrected chi connectivity index (χ4v) is 2.83. The van der Waals surface area contributed by atoms with E-state index in [1.807, 2.05) is 24.0 Å². The molecule has 0 saturated carbocycles. The minimum atomic E-state index is -0.0615. The minimum absolute atomic E-state index is 0.0481. The minimum Gasteiger partial charge on any atom is -0.466 e. The molecule has 0 spiro atoms. The monoisotopic (exact) mass is 301 g/mol. The van der Waals surface area contributed by atoms with E-state index in [4.69, 9.17) is 10.2 Å². The molecule has 2 atom stereocenters. The summed E-state index contributed by atoms with van der Waals surface area (Å²) >= 11 is 0. The second-order valence-corrected chi connectivity index (χ2v) is 5.55. The molecule has 1 fully saturated rings. The number of nitrogens with zero attached hydrogens (tertiary/aromatic N) is 3. The highest BCUT2D eigenvalue weighted by Crippen LogP contribution is 2.31. The Morgan fingerprint density at radius 3 is 2.86 bits per heavy atom. The summed E-state index contributed by atoms with van der Waals surface area (Å²) in [5, 5.41) is 2.99. The van der Waals surface area contributed by atoms with Gasteiger partial charge in [-0.2, -0.15) is 4.98 Å². The van der Waals surface area contributed by atoms with Crippen LogP contribution in [0.3, 0.4) is 0 Å². The van der Waals surface area contributed by atoms with Crippen molar-refractivity contribution in [3.8, 4) is 0 Å². The molecule has 0 aromatic carbocycles. The van der Waals surface area contributed by atoms with Crippen LogP contribution >= 0.6 is 0 Å². The van der Waals surface area contributed by atoms with Crippen LogP contribution in [0.4, 0.5) is 11.8 Å². The lowest BCUT2D eigenvalue weighted by Gasteiger charge is -2.16. The first-order chi connectivity index (χ1) is 10.5. The van der Waals surface area contributed by atoms with E-state index in [1.165, 1.54) is 6.92 Å². The first-order valence-corrected chi connectivity index (χ1v) is 7.20. The SMILES string of the molecule is CC(=O)N[C@@H]1CN(c2nccc(N)n2)C[C@H]1c1ccc(C)o1. The summed E-state index contributed by atoms with van der Waals surface area (Å²) in [4.78, 5) is 22.0. The van der Waals surface area contributed by atoms with E-state index < -0.39 is 0 Å². The van der Waals surface area contributed by atoms with E-state index in [9.17, 15) is 4.79 Å². The Morgan fingerprint density at radius 1 is 1.41 bits per heavy atom. The maximum absolute atomic E-state index is 11.5. The zero-order valence-corrected chi connectivity index (χ0v) is 12.6. The lowest BCUT2D eigenvalue weighted by molar-refractivity contribution is -0.119. The first-order valence-electron chi connectivity index (χ1n) is 7.20. The van der Waals surface area contributed by atoms with Crippen molar-refractivity contribution >= 4 is 17.7 Å². The van der Waals surface area contributed by atoms with Crippen LogP contribution in [0.2, 0.25) is 0 Å². The van der Waals surface area contributed by atoms with E-state index in [-0.39, 0.29) is 17.9 Å². The Morgan fingerprint density at radius 2 is 2.23 bits per heavy atom. The number of nitrogen functional groups attached to an aromatic ring is 1. The molecule has 7 heteroatoms. The van der Waals surface area contributed by atoms with Gasteiger partial charge in [0.2, 0.25) is 11.9 Å². The van der Waals surface area contributed by atoms with Gasteiger partial charge in [-0.05, 0) is 25.1 Å². The third kappa shape index (κ3) is 2.88. The maximum atomic E-state index is 11.5. The number of carbonyl (C=O) groups is 1. The molecule has 3 heterocycles. The molecule has 1 aliphatic heterocycles. The second kappa shape index (κ2) is 5.67. The molecular weight excluding hydrogens is 282 g/mol. The van der Waals surface area contributed by atoms with E-state index >= 15 is 0 Å². The summed E-state index contributed by atoms with van der Waals surface area (Å²) in [6, 6.07) is 5.49. The fourth-order valence-electron chi connectivity index (χ4n) is 2.83. The van der Waals surface area contributed by atoms with Crippen LogP contribution in [0.25, 0.3) is 0 Å². The number of rotatable bonds is 3. The Hall–Kier alpha value is -2.57. The summed E-state index contributed by atoms with van der Waals surface area (Å²) < 4.78 is 5.74. The predicted octanol–water partition coefficient (Wildman–Crippen LogP) is 1.07. The van der Waals surface area contributed by atoms with Gasteiger partial charge < -0.3 is 20.4 Å². The molecule has 0 radical (unpaired) electrons. The molecule has 1 amide bonds. The van der Waals surface area contributed by atoms with Gasteiger partial charge >= 0.3 is 0 Å². The van der Waals surface area contributed by atoms with E-state index in [2.05, 4.69) is 15.3 Å². The number of aromatic nitrogens is 2. The molecule has 0 bridgehead atoms. The number of hydrogen-bond donors (Lipinski definition) is 2. The number of aryl methyl sites for hydroxylation is 1. The van der Waals surface area contributed by atoms with Crippen molar-refractivity contribution in [1.29, 1.82) is 0 Å². The van der Waals surface area contributed by atoms with Gasteiger partial charge in [0.1, 0.15) is 17.3 Å². The normalized spacial score (nSPS) is 21.1. The largest absolute Gasteiger partial charge is 0.466 e. The van der Waals surface area contributed by atoms with Crippen LogP contribution in [0, 0.1) is 6.92 Å². The summed E-state index contributed by atoms with van der Waals surface area (Å²) in [6.45, 7) is 4.71. The summed E-state index contributed by atoms with van der Waals surface area (Å²) in [7, 11) is 0. The van der Waals surface area contributed by atoms with Crippen LogP contribution in [0.5, 0.6) is 0 Å². The highest BCUT2D eigenvalue weighted by atomic mass is 16.3. The van der Waals surface area contributed by atoms with Gasteiger partial charge in [0.25, 0.3) is 0 Å². The number of nitrogens with two attached hydrogens (primary N) is 1. The third-order valence-electron chi connectivity index (χ3n) is 3.78. The van der Waals surface area contributed by atoms with Crippen molar-refractivity contribution in [3.05, 3.63) is 35.9 Å². The van der Waals surface area contributed by atoms with Gasteiger partial charge in [-0.3, -0.25) is 4.79 Å². The molecule has 1 aliphatic rings. The zero-order valence-electron chi connectivity index (χ0n) is 12.6. The number of nitrogens with one attached hydrogen (secondary N) is 1. The van der Waals surface area contributed by atoms with Crippen molar-refractivity contribution in [1.82, 2.24) is 15.3 Å². The summed E-state index contributed by atoms with van der Waals surface area (Å²) in [5.74, 6) is 2.72. The van der Waals surface area contributed by atoms with Gasteiger partial charge in [-0.15, -0.1) is 0 Å². The molecule has 116 valence electrons. The standard InChI is InChI=1S/C15H19N5O2/c1-9-3-4-13(22-9)11-7-20(8-12(11)18-10(2)21)15-17-6-5-14(16)19-15/h3-6,11-12H,7-8H2,1-2H3,(H,18,21)(H2,16,17,19)/t11-,12-/m1/s1. The number of furan rings is 1. The molecule has 3 N–H and O–H groups in total. The molecule has 2 aromatic rings. The van der Waals surface area contributed by atoms with Crippen LogP contribution in [0.15, 0.2) is 28.8 Å². The van der Waals surface area contributed by atoms with E-state index in [1.54, 1.807) is 12.3 Å².